The molecule has 0 bridgehead atoms. The first kappa shape index (κ1) is 11.0. The summed E-state index contributed by atoms with van der Waals surface area (Å²) in [6.07, 6.45) is 1.63. The number of hydrogen-bond donors (Lipinski definition) is 2. The molecule has 0 saturated heterocycles. The Bertz CT molecular complexity index is 196. The number of rotatable bonds is 2. The molecule has 0 atom stereocenters. The molecule has 0 fully saturated rings. The number of nitrogens with zero attached hydrogens (tertiary/aromatic N) is 1. The lowest BCUT2D eigenvalue weighted by Crippen LogP contribution is -2.23. The molecule has 70 valence electrons. The van der Waals surface area contributed by atoms with Gasteiger partial charge < -0.3 is 11.5 Å². The van der Waals surface area contributed by atoms with E-state index < -0.39 is 0 Å². The molecule has 3 heteroatoms. The Morgan fingerprint density at radius 3 is 2.17 bits per heavy atom. The Hall–Kier alpha value is -0.990. The van der Waals surface area contributed by atoms with Crippen molar-refractivity contribution >= 4 is 6.21 Å². The largest absolute Gasteiger partial charge is 0.400 e. The van der Waals surface area contributed by atoms with Crippen LogP contribution in [0.1, 0.15) is 27.7 Å². The molecular weight excluding hydrogens is 150 g/mol. The molecule has 0 unspecified atom stereocenters. The third kappa shape index (κ3) is 3.42. The van der Waals surface area contributed by atoms with Gasteiger partial charge in [0.2, 0.25) is 0 Å². The second-order valence-corrected chi connectivity index (χ2v) is 3.75. The second-order valence-electron chi connectivity index (χ2n) is 3.75. The fourth-order valence-electron chi connectivity index (χ4n) is 0.692. The highest BCUT2D eigenvalue weighted by Crippen LogP contribution is 2.21. The third-order valence-electron chi connectivity index (χ3n) is 1.53. The minimum atomic E-state index is -0.0795. The molecule has 3 nitrogen and oxygen atoms in total. The third-order valence-corrected chi connectivity index (χ3v) is 1.53. The van der Waals surface area contributed by atoms with Crippen LogP contribution in [0.5, 0.6) is 0 Å². The highest BCUT2D eigenvalue weighted by Gasteiger charge is 2.15. The maximum absolute atomic E-state index is 5.80. The van der Waals surface area contributed by atoms with Gasteiger partial charge in [0.25, 0.3) is 0 Å². The lowest BCUT2D eigenvalue weighted by atomic mass is 9.91. The fourth-order valence-corrected chi connectivity index (χ4v) is 0.692. The van der Waals surface area contributed by atoms with Crippen molar-refractivity contribution in [3.63, 3.8) is 0 Å². The van der Waals surface area contributed by atoms with Gasteiger partial charge in [0.05, 0.1) is 5.70 Å². The molecule has 0 heterocycles. The van der Waals surface area contributed by atoms with Gasteiger partial charge in [-0.1, -0.05) is 20.8 Å². The monoisotopic (exact) mass is 169 g/mol. The standard InChI is InChI=1S/C9H19N3/c1-5-12-6-7(10)8(11)9(2,3)4/h6H,5,10-11H2,1-4H3. The number of nitrogens with two attached hydrogens (primary N) is 2. The van der Waals surface area contributed by atoms with E-state index in [1.165, 1.54) is 0 Å². The summed E-state index contributed by atoms with van der Waals surface area (Å²) in [7, 11) is 0. The van der Waals surface area contributed by atoms with Crippen LogP contribution in [0, 0.1) is 5.41 Å². The predicted molar refractivity (Wildman–Crippen MR) is 53.9 cm³/mol. The maximum Gasteiger partial charge on any atom is 0.0691 e. The zero-order valence-corrected chi connectivity index (χ0v) is 8.39. The number of hydrogen-bond acceptors (Lipinski definition) is 3. The molecule has 0 radical (unpaired) electrons. The fraction of sp³-hybridized carbons (Fsp3) is 0.667. The zero-order chi connectivity index (χ0) is 9.78. The van der Waals surface area contributed by atoms with Crippen LogP contribution in [0.15, 0.2) is 16.4 Å². The summed E-state index contributed by atoms with van der Waals surface area (Å²) in [4.78, 5) is 4.02. The van der Waals surface area contributed by atoms with Gasteiger partial charge >= 0.3 is 0 Å². The summed E-state index contributed by atoms with van der Waals surface area (Å²) in [5.41, 5.74) is 12.7. The summed E-state index contributed by atoms with van der Waals surface area (Å²) < 4.78 is 0. The first-order valence-corrected chi connectivity index (χ1v) is 4.15. The molecule has 0 amide bonds. The quantitative estimate of drug-likeness (QED) is 0.611. The van der Waals surface area contributed by atoms with E-state index in [0.717, 1.165) is 6.54 Å². The first-order valence-electron chi connectivity index (χ1n) is 4.15. The first-order chi connectivity index (χ1) is 5.39. The molecule has 0 saturated carbocycles. The summed E-state index contributed by atoms with van der Waals surface area (Å²) >= 11 is 0. The van der Waals surface area contributed by atoms with E-state index in [2.05, 4.69) is 4.99 Å². The van der Waals surface area contributed by atoms with Gasteiger partial charge in [0.1, 0.15) is 0 Å². The lowest BCUT2D eigenvalue weighted by Gasteiger charge is -2.19. The van der Waals surface area contributed by atoms with Gasteiger partial charge in [0.15, 0.2) is 0 Å². The van der Waals surface area contributed by atoms with Crippen molar-refractivity contribution in [2.75, 3.05) is 6.54 Å². The number of aliphatic imine (C=N–C) groups is 1. The van der Waals surface area contributed by atoms with Crippen molar-refractivity contribution in [2.45, 2.75) is 27.7 Å². The molecule has 0 aromatic heterocycles. The average molecular weight is 169 g/mol. The van der Waals surface area contributed by atoms with Crippen molar-refractivity contribution in [2.24, 2.45) is 21.9 Å². The summed E-state index contributed by atoms with van der Waals surface area (Å²) in [6, 6.07) is 0. The molecule has 4 N–H and O–H groups in total. The average Bonchev–Trinajstić information content (AvgIpc) is 1.97. The van der Waals surface area contributed by atoms with Crippen LogP contribution in [0.4, 0.5) is 0 Å². The molecule has 0 rings (SSSR count). The Balaban J connectivity index is 4.58. The van der Waals surface area contributed by atoms with Crippen molar-refractivity contribution in [1.29, 1.82) is 0 Å². The van der Waals surface area contributed by atoms with Crippen LogP contribution in [0.3, 0.4) is 0 Å². The predicted octanol–water partition coefficient (Wildman–Crippen LogP) is 1.25. The van der Waals surface area contributed by atoms with Crippen LogP contribution < -0.4 is 11.5 Å². The molecule has 0 aliphatic rings. The van der Waals surface area contributed by atoms with Crippen molar-refractivity contribution < 1.29 is 0 Å². The highest BCUT2D eigenvalue weighted by atomic mass is 14.8. The maximum atomic E-state index is 5.80. The van der Waals surface area contributed by atoms with Gasteiger partial charge in [-0.05, 0) is 6.92 Å². The van der Waals surface area contributed by atoms with Crippen LogP contribution >= 0.6 is 0 Å². The molecule has 0 aliphatic carbocycles. The number of allylic oxidation sites excluding steroid dienone is 2. The van der Waals surface area contributed by atoms with Crippen LogP contribution in [-0.2, 0) is 0 Å². The summed E-state index contributed by atoms with van der Waals surface area (Å²) in [5, 5.41) is 0. The van der Waals surface area contributed by atoms with Crippen molar-refractivity contribution in [3.05, 3.63) is 11.4 Å². The van der Waals surface area contributed by atoms with E-state index in [1.54, 1.807) is 6.21 Å². The summed E-state index contributed by atoms with van der Waals surface area (Å²) in [6.45, 7) is 8.76. The highest BCUT2D eigenvalue weighted by molar-refractivity contribution is 5.78. The Labute approximate surface area is 74.5 Å². The van der Waals surface area contributed by atoms with E-state index >= 15 is 0 Å². The molecule has 0 aromatic carbocycles. The van der Waals surface area contributed by atoms with Crippen molar-refractivity contribution in [1.82, 2.24) is 0 Å². The molecule has 12 heavy (non-hydrogen) atoms. The molecule has 0 aliphatic heterocycles. The van der Waals surface area contributed by atoms with Crippen LogP contribution in [-0.4, -0.2) is 12.8 Å². The van der Waals surface area contributed by atoms with Gasteiger partial charge in [0, 0.05) is 23.9 Å². The van der Waals surface area contributed by atoms with Crippen molar-refractivity contribution in [3.8, 4) is 0 Å². The smallest absolute Gasteiger partial charge is 0.0691 e. The van der Waals surface area contributed by atoms with Gasteiger partial charge in [-0.3, -0.25) is 4.99 Å². The lowest BCUT2D eigenvalue weighted by molar-refractivity contribution is 0.494. The normalized spacial score (nSPS) is 15.0. The van der Waals surface area contributed by atoms with E-state index in [1.807, 2.05) is 27.7 Å². The van der Waals surface area contributed by atoms with Gasteiger partial charge in [-0.25, -0.2) is 0 Å². The van der Waals surface area contributed by atoms with Gasteiger partial charge in [-0.2, -0.15) is 0 Å². The molecule has 0 aromatic rings. The molecular formula is C9H19N3. The minimum absolute atomic E-state index is 0.0795. The zero-order valence-electron chi connectivity index (χ0n) is 8.39. The topological polar surface area (TPSA) is 64.4 Å². The Morgan fingerprint density at radius 2 is 1.83 bits per heavy atom. The second kappa shape index (κ2) is 4.14. The van der Waals surface area contributed by atoms with E-state index in [0.29, 0.717) is 11.4 Å². The SMILES string of the molecule is CCN=CC(N)=C(N)C(C)(C)C. The van der Waals surface area contributed by atoms with Crippen LogP contribution in [0.25, 0.3) is 0 Å². The van der Waals surface area contributed by atoms with E-state index in [-0.39, 0.29) is 5.41 Å². The summed E-state index contributed by atoms with van der Waals surface area (Å²) in [5.74, 6) is 0. The molecule has 0 spiro atoms. The minimum Gasteiger partial charge on any atom is -0.400 e. The van der Waals surface area contributed by atoms with Crippen LogP contribution in [0.2, 0.25) is 0 Å². The van der Waals surface area contributed by atoms with E-state index in [4.69, 9.17) is 11.5 Å². The Morgan fingerprint density at radius 1 is 1.33 bits per heavy atom. The van der Waals surface area contributed by atoms with E-state index in [9.17, 15) is 0 Å². The Kier molecular flexibility index (Phi) is 3.80. The van der Waals surface area contributed by atoms with Gasteiger partial charge in [-0.15, -0.1) is 0 Å².